The quantitative estimate of drug-likeness (QED) is 0.594. The van der Waals surface area contributed by atoms with Gasteiger partial charge in [-0.15, -0.1) is 5.10 Å². The molecule has 7 nitrogen and oxygen atoms in total. The molecule has 1 aromatic heterocycles. The third kappa shape index (κ3) is 3.82. The van der Waals surface area contributed by atoms with Crippen molar-refractivity contribution in [3.8, 4) is 0 Å². The maximum atomic E-state index is 13.6. The lowest BCUT2D eigenvalue weighted by Gasteiger charge is -2.26. The topological polar surface area (TPSA) is 105 Å². The van der Waals surface area contributed by atoms with Crippen LogP contribution in [0.4, 0.5) is 0 Å². The molecule has 2 aliphatic carbocycles. The SMILES string of the molecule is CC(c1cccc2c1CCC2)C(NS(=O)(=O)c1cccc2c1CCCC2)c1n[nH]c(=O)o1. The second kappa shape index (κ2) is 8.33. The highest BCUT2D eigenvalue weighted by molar-refractivity contribution is 7.89. The first-order chi connectivity index (χ1) is 15.4. The molecule has 2 aliphatic rings. The molecule has 2 N–H and O–H groups in total. The van der Waals surface area contributed by atoms with Gasteiger partial charge in [-0.2, -0.15) is 4.72 Å². The van der Waals surface area contributed by atoms with Gasteiger partial charge in [-0.25, -0.2) is 18.3 Å². The molecular weight excluding hydrogens is 426 g/mol. The Morgan fingerprint density at radius 1 is 0.969 bits per heavy atom. The third-order valence-corrected chi connectivity index (χ3v) is 8.34. The fraction of sp³-hybridized carbons (Fsp3) is 0.417. The molecule has 0 amide bonds. The van der Waals surface area contributed by atoms with Crippen LogP contribution in [0.3, 0.4) is 0 Å². The Bertz CT molecular complexity index is 1310. The molecule has 8 heteroatoms. The van der Waals surface area contributed by atoms with Crippen LogP contribution < -0.4 is 10.5 Å². The van der Waals surface area contributed by atoms with Crippen LogP contribution in [0.2, 0.25) is 0 Å². The van der Waals surface area contributed by atoms with Gasteiger partial charge in [0.2, 0.25) is 15.9 Å². The van der Waals surface area contributed by atoms with Gasteiger partial charge in [0.1, 0.15) is 6.04 Å². The van der Waals surface area contributed by atoms with Gasteiger partial charge in [-0.05, 0) is 78.8 Å². The Morgan fingerprint density at radius 2 is 1.66 bits per heavy atom. The summed E-state index contributed by atoms with van der Waals surface area (Å²) >= 11 is 0. The van der Waals surface area contributed by atoms with E-state index < -0.39 is 21.8 Å². The molecule has 3 aromatic rings. The van der Waals surface area contributed by atoms with Crippen molar-refractivity contribution >= 4 is 10.0 Å². The highest BCUT2D eigenvalue weighted by atomic mass is 32.2. The lowest BCUT2D eigenvalue weighted by molar-refractivity contribution is 0.381. The Balaban J connectivity index is 1.56. The summed E-state index contributed by atoms with van der Waals surface area (Å²) in [4.78, 5) is 12.0. The summed E-state index contributed by atoms with van der Waals surface area (Å²) in [5.74, 6) is -0.929. The first-order valence-electron chi connectivity index (χ1n) is 11.2. The number of rotatable bonds is 6. The number of hydrogen-bond acceptors (Lipinski definition) is 5. The number of aromatic nitrogens is 2. The minimum absolute atomic E-state index is 0.0477. The number of aromatic amines is 1. The van der Waals surface area contributed by atoms with Crippen LogP contribution in [-0.2, 0) is 35.7 Å². The lowest BCUT2D eigenvalue weighted by Crippen LogP contribution is -2.33. The van der Waals surface area contributed by atoms with E-state index in [9.17, 15) is 13.2 Å². The molecule has 2 unspecified atom stereocenters. The number of sulfonamides is 1. The summed E-state index contributed by atoms with van der Waals surface area (Å²) in [6.45, 7) is 1.95. The average molecular weight is 454 g/mol. The van der Waals surface area contributed by atoms with Crippen LogP contribution in [0.25, 0.3) is 0 Å². The predicted molar refractivity (Wildman–Crippen MR) is 120 cm³/mol. The van der Waals surface area contributed by atoms with Gasteiger partial charge >= 0.3 is 5.76 Å². The molecule has 0 bridgehead atoms. The second-order valence-corrected chi connectivity index (χ2v) is 10.5. The van der Waals surface area contributed by atoms with Gasteiger partial charge < -0.3 is 4.42 Å². The highest BCUT2D eigenvalue weighted by Crippen LogP contribution is 2.37. The normalized spacial score (nSPS) is 17.5. The number of hydrogen-bond donors (Lipinski definition) is 2. The van der Waals surface area contributed by atoms with Crippen molar-refractivity contribution in [3.63, 3.8) is 0 Å². The lowest BCUT2D eigenvalue weighted by atomic mass is 9.88. The van der Waals surface area contributed by atoms with Gasteiger partial charge in [0.25, 0.3) is 0 Å². The molecule has 168 valence electrons. The fourth-order valence-corrected chi connectivity index (χ4v) is 6.81. The monoisotopic (exact) mass is 453 g/mol. The molecule has 32 heavy (non-hydrogen) atoms. The standard InChI is InChI=1S/C24H27N3O4S/c1-15(18-12-4-8-16-9-5-13-19(16)18)22(23-25-26-24(28)31-23)27-32(29,30)21-14-6-10-17-7-2-3-11-20(17)21/h4,6,8,10,12,14-15,22,27H,2-3,5,7,9,11,13H2,1H3,(H,26,28). The number of fused-ring (bicyclic) bond motifs is 2. The molecule has 0 saturated heterocycles. The molecule has 0 aliphatic heterocycles. The van der Waals surface area contributed by atoms with Crippen molar-refractivity contribution < 1.29 is 12.8 Å². The van der Waals surface area contributed by atoms with Crippen molar-refractivity contribution in [2.75, 3.05) is 0 Å². The smallest absolute Gasteiger partial charge is 0.391 e. The maximum Gasteiger partial charge on any atom is 0.434 e. The van der Waals surface area contributed by atoms with Crippen LogP contribution >= 0.6 is 0 Å². The average Bonchev–Trinajstić information content (AvgIpc) is 3.45. The highest BCUT2D eigenvalue weighted by Gasteiger charge is 2.34. The second-order valence-electron chi connectivity index (χ2n) is 8.78. The zero-order valence-corrected chi connectivity index (χ0v) is 18.9. The Morgan fingerprint density at radius 3 is 2.44 bits per heavy atom. The molecule has 0 fully saturated rings. The van der Waals surface area contributed by atoms with Crippen molar-refractivity contribution in [1.82, 2.24) is 14.9 Å². The molecule has 0 spiro atoms. The third-order valence-electron chi connectivity index (χ3n) is 6.82. The van der Waals surface area contributed by atoms with Gasteiger partial charge in [-0.1, -0.05) is 37.3 Å². The van der Waals surface area contributed by atoms with Crippen molar-refractivity contribution in [3.05, 3.63) is 80.7 Å². The van der Waals surface area contributed by atoms with Crippen molar-refractivity contribution in [2.45, 2.75) is 68.7 Å². The van der Waals surface area contributed by atoms with Gasteiger partial charge in [-0.3, -0.25) is 0 Å². The summed E-state index contributed by atoms with van der Waals surface area (Å²) in [6, 6.07) is 10.8. The van der Waals surface area contributed by atoms with E-state index in [2.05, 4.69) is 21.0 Å². The first kappa shape index (κ1) is 21.2. The zero-order chi connectivity index (χ0) is 22.3. The van der Waals surface area contributed by atoms with E-state index in [4.69, 9.17) is 4.42 Å². The van der Waals surface area contributed by atoms with Gasteiger partial charge in [0, 0.05) is 5.92 Å². The molecule has 5 rings (SSSR count). The van der Waals surface area contributed by atoms with Crippen LogP contribution in [0.15, 0.2) is 50.5 Å². The maximum absolute atomic E-state index is 13.6. The van der Waals surface area contributed by atoms with E-state index >= 15 is 0 Å². The molecule has 1 heterocycles. The summed E-state index contributed by atoms with van der Waals surface area (Å²) in [5.41, 5.74) is 5.61. The minimum Gasteiger partial charge on any atom is -0.391 e. The molecular formula is C24H27N3O4S. The molecule has 2 atom stereocenters. The van der Waals surface area contributed by atoms with Crippen molar-refractivity contribution in [1.29, 1.82) is 0 Å². The molecule has 0 saturated carbocycles. The van der Waals surface area contributed by atoms with Crippen LogP contribution in [0.5, 0.6) is 0 Å². The summed E-state index contributed by atoms with van der Waals surface area (Å²) in [7, 11) is -3.87. The van der Waals surface area contributed by atoms with E-state index in [-0.39, 0.29) is 11.8 Å². The number of H-pyrrole nitrogens is 1. The van der Waals surface area contributed by atoms with Gasteiger partial charge in [0.05, 0.1) is 4.90 Å². The number of nitrogens with zero attached hydrogens (tertiary/aromatic N) is 1. The van der Waals surface area contributed by atoms with Crippen LogP contribution in [0.1, 0.15) is 71.9 Å². The number of benzene rings is 2. The summed E-state index contributed by atoms with van der Waals surface area (Å²) < 4.78 is 35.3. The van der Waals surface area contributed by atoms with Crippen LogP contribution in [0, 0.1) is 0 Å². The van der Waals surface area contributed by atoms with Crippen LogP contribution in [-0.4, -0.2) is 18.6 Å². The largest absolute Gasteiger partial charge is 0.434 e. The molecule has 0 radical (unpaired) electrons. The number of nitrogens with one attached hydrogen (secondary N) is 2. The number of aryl methyl sites for hydroxylation is 2. The first-order valence-corrected chi connectivity index (χ1v) is 12.7. The summed E-state index contributed by atoms with van der Waals surface area (Å²) in [6.07, 6.45) is 6.76. The van der Waals surface area contributed by atoms with E-state index in [1.165, 1.54) is 11.1 Å². The Kier molecular flexibility index (Phi) is 5.51. The van der Waals surface area contributed by atoms with E-state index in [0.29, 0.717) is 4.90 Å². The van der Waals surface area contributed by atoms with Gasteiger partial charge in [0.15, 0.2) is 0 Å². The van der Waals surface area contributed by atoms with E-state index in [1.807, 2.05) is 25.1 Å². The minimum atomic E-state index is -3.87. The Hall–Kier alpha value is -2.71. The molecule has 2 aromatic carbocycles. The van der Waals surface area contributed by atoms with E-state index in [0.717, 1.165) is 61.6 Å². The van der Waals surface area contributed by atoms with E-state index in [1.54, 1.807) is 12.1 Å². The summed E-state index contributed by atoms with van der Waals surface area (Å²) in [5, 5.41) is 6.27. The van der Waals surface area contributed by atoms with Crippen molar-refractivity contribution in [2.24, 2.45) is 0 Å². The fourth-order valence-electron chi connectivity index (χ4n) is 5.22. The Labute approximate surface area is 187 Å². The zero-order valence-electron chi connectivity index (χ0n) is 18.1. The predicted octanol–water partition coefficient (Wildman–Crippen LogP) is 3.55.